The van der Waals surface area contributed by atoms with Crippen molar-refractivity contribution < 1.29 is 73.8 Å². The van der Waals surface area contributed by atoms with Crippen LogP contribution in [0.4, 0.5) is 0 Å². The third-order valence-corrected chi connectivity index (χ3v) is 11.8. The number of ether oxygens (including phenoxy) is 6. The van der Waals surface area contributed by atoms with Crippen LogP contribution in [0.5, 0.6) is 0 Å². The Morgan fingerprint density at radius 1 is 0.500 bits per heavy atom. The van der Waals surface area contributed by atoms with Gasteiger partial charge in [0, 0.05) is 12.8 Å². The van der Waals surface area contributed by atoms with Crippen LogP contribution in [0.3, 0.4) is 0 Å². The molecular formula is C51H88O15. The van der Waals surface area contributed by atoms with Crippen LogP contribution in [-0.4, -0.2) is 142 Å². The van der Waals surface area contributed by atoms with Gasteiger partial charge in [-0.15, -0.1) is 0 Å². The van der Waals surface area contributed by atoms with E-state index in [9.17, 15) is 45.3 Å². The van der Waals surface area contributed by atoms with Gasteiger partial charge < -0.3 is 64.2 Å². The van der Waals surface area contributed by atoms with Gasteiger partial charge in [-0.2, -0.15) is 0 Å². The fraction of sp³-hybridized carbons (Fsp3) is 0.804. The molecule has 0 bridgehead atoms. The molecule has 2 saturated heterocycles. The molecule has 2 rings (SSSR count). The summed E-state index contributed by atoms with van der Waals surface area (Å²) in [7, 11) is 0. The summed E-state index contributed by atoms with van der Waals surface area (Å²) in [4.78, 5) is 25.7. The van der Waals surface area contributed by atoms with Gasteiger partial charge in [-0.1, -0.05) is 152 Å². The van der Waals surface area contributed by atoms with Gasteiger partial charge in [0.15, 0.2) is 18.7 Å². The zero-order valence-corrected chi connectivity index (χ0v) is 40.2. The van der Waals surface area contributed by atoms with Crippen molar-refractivity contribution >= 4 is 11.9 Å². The van der Waals surface area contributed by atoms with E-state index in [0.29, 0.717) is 12.8 Å². The Balaban J connectivity index is 1.81. The molecular weight excluding hydrogens is 853 g/mol. The number of allylic oxidation sites excluding steroid dienone is 8. The second kappa shape index (κ2) is 38.3. The maximum atomic E-state index is 13.0. The summed E-state index contributed by atoms with van der Waals surface area (Å²) in [6, 6.07) is 0. The maximum absolute atomic E-state index is 13.0. The third kappa shape index (κ3) is 26.3. The number of aliphatic hydroxyl groups is 7. The first-order chi connectivity index (χ1) is 32.0. The summed E-state index contributed by atoms with van der Waals surface area (Å²) < 4.78 is 33.5. The highest BCUT2D eigenvalue weighted by Gasteiger charge is 2.47. The molecule has 7 N–H and O–H groups in total. The van der Waals surface area contributed by atoms with E-state index in [4.69, 9.17) is 28.4 Å². The number of carbonyl (C=O) groups is 2. The lowest BCUT2D eigenvalue weighted by atomic mass is 9.98. The second-order valence-corrected chi connectivity index (χ2v) is 17.6. The predicted octanol–water partition coefficient (Wildman–Crippen LogP) is 6.71. The normalized spacial score (nSPS) is 26.6. The Morgan fingerprint density at radius 2 is 0.955 bits per heavy atom. The molecule has 0 aliphatic carbocycles. The average Bonchev–Trinajstić information content (AvgIpc) is 3.31. The van der Waals surface area contributed by atoms with Crippen LogP contribution in [-0.2, 0) is 38.0 Å². The van der Waals surface area contributed by atoms with Crippen LogP contribution in [0.15, 0.2) is 48.6 Å². The molecule has 2 aliphatic rings. The van der Waals surface area contributed by atoms with E-state index < -0.39 is 92.7 Å². The van der Waals surface area contributed by atoms with E-state index in [-0.39, 0.29) is 26.1 Å². The van der Waals surface area contributed by atoms with Crippen LogP contribution < -0.4 is 0 Å². The smallest absolute Gasteiger partial charge is 0.306 e. The molecule has 382 valence electrons. The van der Waals surface area contributed by atoms with Gasteiger partial charge in [-0.25, -0.2) is 0 Å². The quantitative estimate of drug-likeness (QED) is 0.0194. The molecule has 11 atom stereocenters. The second-order valence-electron chi connectivity index (χ2n) is 17.6. The standard InChI is InChI=1S/C51H88O15/c1-3-5-7-9-11-13-15-16-17-18-19-20-21-22-24-26-28-30-32-34-43(54)64-39(36-61-42(53)33-31-29-27-25-23-14-12-10-8-6-4-2)37-62-50-49(60)47(58)45(56)41(66-50)38-63-51-48(59)46(57)44(55)40(35-52)65-51/h5,7,11,13,16-17,19-20,39-41,44-52,55-60H,3-4,6,8-10,12,14-15,18,21-38H2,1-2H3/b7-5-,13-11-,17-16-,20-19-. The van der Waals surface area contributed by atoms with Crippen LogP contribution in [0.2, 0.25) is 0 Å². The van der Waals surface area contributed by atoms with Gasteiger partial charge in [0.05, 0.1) is 19.8 Å². The van der Waals surface area contributed by atoms with E-state index in [1.54, 1.807) is 0 Å². The monoisotopic (exact) mass is 941 g/mol. The maximum Gasteiger partial charge on any atom is 0.306 e. The number of unbranched alkanes of at least 4 members (excludes halogenated alkanes) is 16. The Bertz CT molecular complexity index is 1340. The van der Waals surface area contributed by atoms with E-state index in [0.717, 1.165) is 83.5 Å². The largest absolute Gasteiger partial charge is 0.462 e. The molecule has 2 aliphatic heterocycles. The number of hydrogen-bond acceptors (Lipinski definition) is 15. The predicted molar refractivity (Wildman–Crippen MR) is 252 cm³/mol. The van der Waals surface area contributed by atoms with Crippen LogP contribution >= 0.6 is 0 Å². The van der Waals surface area contributed by atoms with Crippen molar-refractivity contribution in [1.82, 2.24) is 0 Å². The van der Waals surface area contributed by atoms with Crippen LogP contribution in [0.1, 0.15) is 168 Å². The molecule has 0 aromatic heterocycles. The lowest BCUT2D eigenvalue weighted by Gasteiger charge is -2.42. The lowest BCUT2D eigenvalue weighted by molar-refractivity contribution is -0.332. The molecule has 0 saturated carbocycles. The molecule has 0 aromatic rings. The molecule has 15 nitrogen and oxygen atoms in total. The lowest BCUT2D eigenvalue weighted by Crippen LogP contribution is -2.61. The van der Waals surface area contributed by atoms with E-state index in [1.807, 2.05) is 0 Å². The summed E-state index contributed by atoms with van der Waals surface area (Å²) in [5.41, 5.74) is 0. The van der Waals surface area contributed by atoms with Gasteiger partial charge >= 0.3 is 11.9 Å². The summed E-state index contributed by atoms with van der Waals surface area (Å²) in [5, 5.41) is 72.0. The summed E-state index contributed by atoms with van der Waals surface area (Å²) in [6.07, 6.45) is 24.3. The zero-order valence-electron chi connectivity index (χ0n) is 40.2. The van der Waals surface area contributed by atoms with E-state index in [1.165, 1.54) is 44.9 Å². The SMILES string of the molecule is CC/C=C\C/C=C\C/C=C\C/C=C\CCCCCCCCC(=O)OC(COC(=O)CCCCCCCCCCCCC)COC1OC(COC2OC(CO)C(O)C(O)C2O)C(O)C(O)C1O. The number of rotatable bonds is 38. The summed E-state index contributed by atoms with van der Waals surface area (Å²) in [6.45, 7) is 2.44. The third-order valence-electron chi connectivity index (χ3n) is 11.8. The van der Waals surface area contributed by atoms with Crippen molar-refractivity contribution in [3.63, 3.8) is 0 Å². The fourth-order valence-electron chi connectivity index (χ4n) is 7.68. The molecule has 2 heterocycles. The van der Waals surface area contributed by atoms with Crippen molar-refractivity contribution in [2.45, 2.75) is 235 Å². The van der Waals surface area contributed by atoms with Crippen molar-refractivity contribution in [3.05, 3.63) is 48.6 Å². The number of aliphatic hydroxyl groups excluding tert-OH is 7. The minimum atomic E-state index is -1.77. The minimum Gasteiger partial charge on any atom is -0.462 e. The van der Waals surface area contributed by atoms with Crippen molar-refractivity contribution in [3.8, 4) is 0 Å². The summed E-state index contributed by atoms with van der Waals surface area (Å²) in [5.74, 6) is -0.942. The molecule has 0 spiro atoms. The first-order valence-corrected chi connectivity index (χ1v) is 25.2. The Labute approximate surface area is 395 Å². The number of esters is 2. The molecule has 11 unspecified atom stereocenters. The highest BCUT2D eigenvalue weighted by Crippen LogP contribution is 2.26. The average molecular weight is 941 g/mol. The Morgan fingerprint density at radius 3 is 1.50 bits per heavy atom. The number of carbonyl (C=O) groups excluding carboxylic acids is 2. The summed E-state index contributed by atoms with van der Waals surface area (Å²) >= 11 is 0. The molecule has 0 radical (unpaired) electrons. The molecule has 0 aromatic carbocycles. The first-order valence-electron chi connectivity index (χ1n) is 25.2. The molecule has 66 heavy (non-hydrogen) atoms. The fourth-order valence-corrected chi connectivity index (χ4v) is 7.68. The highest BCUT2D eigenvalue weighted by molar-refractivity contribution is 5.70. The van der Waals surface area contributed by atoms with Gasteiger partial charge in [0.25, 0.3) is 0 Å². The Kier molecular flexibility index (Phi) is 34.6. The van der Waals surface area contributed by atoms with E-state index in [2.05, 4.69) is 62.5 Å². The van der Waals surface area contributed by atoms with Gasteiger partial charge in [0.2, 0.25) is 0 Å². The van der Waals surface area contributed by atoms with Crippen molar-refractivity contribution in [2.75, 3.05) is 26.4 Å². The van der Waals surface area contributed by atoms with Crippen LogP contribution in [0.25, 0.3) is 0 Å². The van der Waals surface area contributed by atoms with Gasteiger partial charge in [0.1, 0.15) is 55.4 Å². The minimum absolute atomic E-state index is 0.149. The van der Waals surface area contributed by atoms with Crippen molar-refractivity contribution in [1.29, 1.82) is 0 Å². The topological polar surface area (TPSA) is 231 Å². The highest BCUT2D eigenvalue weighted by atomic mass is 16.7. The molecule has 0 amide bonds. The first kappa shape index (κ1) is 59.6. The Hall–Kier alpha value is -2.54. The molecule has 15 heteroatoms. The van der Waals surface area contributed by atoms with Gasteiger partial charge in [-0.05, 0) is 51.4 Å². The van der Waals surface area contributed by atoms with Gasteiger partial charge in [-0.3, -0.25) is 9.59 Å². The molecule has 2 fully saturated rings. The van der Waals surface area contributed by atoms with Crippen molar-refractivity contribution in [2.24, 2.45) is 0 Å². The zero-order chi connectivity index (χ0) is 48.2. The van der Waals surface area contributed by atoms with Crippen LogP contribution in [0, 0.1) is 0 Å². The van der Waals surface area contributed by atoms with E-state index >= 15 is 0 Å². The number of hydrogen-bond donors (Lipinski definition) is 7.